The van der Waals surface area contributed by atoms with Gasteiger partial charge in [-0.25, -0.2) is 0 Å². The van der Waals surface area contributed by atoms with Gasteiger partial charge in [0.05, 0.1) is 12.0 Å². The van der Waals surface area contributed by atoms with Gasteiger partial charge in [0.1, 0.15) is 6.10 Å². The van der Waals surface area contributed by atoms with Gasteiger partial charge >= 0.3 is 5.97 Å². The Morgan fingerprint density at radius 1 is 1.27 bits per heavy atom. The molecule has 22 heavy (non-hydrogen) atoms. The molecule has 2 saturated heterocycles. The lowest BCUT2D eigenvalue weighted by atomic mass is 9.92. The molecule has 1 aromatic rings. The van der Waals surface area contributed by atoms with Gasteiger partial charge in [0.2, 0.25) is 0 Å². The van der Waals surface area contributed by atoms with Crippen LogP contribution >= 0.6 is 0 Å². The SMILES string of the molecule is CN1C2CCC1CC(OC(=O)CC(C)(O)c1ccccc1)C2. The van der Waals surface area contributed by atoms with Crippen LogP contribution in [0, 0.1) is 0 Å². The van der Waals surface area contributed by atoms with Crippen molar-refractivity contribution in [3.8, 4) is 0 Å². The second kappa shape index (κ2) is 6.01. The molecule has 1 aromatic carbocycles. The molecule has 120 valence electrons. The number of esters is 1. The molecule has 3 atom stereocenters. The number of ether oxygens (including phenoxy) is 1. The summed E-state index contributed by atoms with van der Waals surface area (Å²) in [6.45, 7) is 1.67. The summed E-state index contributed by atoms with van der Waals surface area (Å²) in [6.07, 6.45) is 4.26. The smallest absolute Gasteiger partial charge is 0.309 e. The second-order valence-electron chi connectivity index (χ2n) is 6.95. The van der Waals surface area contributed by atoms with E-state index in [4.69, 9.17) is 4.74 Å². The van der Waals surface area contributed by atoms with Crippen molar-refractivity contribution in [3.05, 3.63) is 35.9 Å². The van der Waals surface area contributed by atoms with Crippen molar-refractivity contribution in [2.75, 3.05) is 7.05 Å². The minimum atomic E-state index is -1.18. The van der Waals surface area contributed by atoms with Crippen LogP contribution in [0.5, 0.6) is 0 Å². The molecular weight excluding hydrogens is 278 g/mol. The molecule has 3 unspecified atom stereocenters. The number of carbonyl (C=O) groups excluding carboxylic acids is 1. The average Bonchev–Trinajstić information content (AvgIpc) is 2.70. The standard InChI is InChI=1S/C18H25NO3/c1-18(21,13-6-4-3-5-7-13)12-17(20)22-16-10-14-8-9-15(11-16)19(14)2/h3-7,14-16,21H,8-12H2,1-2H3. The van der Waals surface area contributed by atoms with Crippen LogP contribution in [0.3, 0.4) is 0 Å². The van der Waals surface area contributed by atoms with Gasteiger partial charge in [-0.05, 0) is 45.2 Å². The Hall–Kier alpha value is -1.39. The third-order valence-corrected chi connectivity index (χ3v) is 5.24. The Morgan fingerprint density at radius 2 is 1.86 bits per heavy atom. The number of piperidine rings is 1. The zero-order valence-electron chi connectivity index (χ0n) is 13.4. The second-order valence-corrected chi connectivity index (χ2v) is 6.95. The summed E-state index contributed by atoms with van der Waals surface area (Å²) in [5, 5.41) is 10.5. The summed E-state index contributed by atoms with van der Waals surface area (Å²) in [5.41, 5.74) is -0.432. The first-order valence-electron chi connectivity index (χ1n) is 8.15. The molecule has 2 heterocycles. The van der Waals surface area contributed by atoms with E-state index in [1.165, 1.54) is 12.8 Å². The van der Waals surface area contributed by atoms with Crippen molar-refractivity contribution in [3.63, 3.8) is 0 Å². The van der Waals surface area contributed by atoms with E-state index in [2.05, 4.69) is 11.9 Å². The van der Waals surface area contributed by atoms with E-state index in [0.717, 1.165) is 18.4 Å². The highest BCUT2D eigenvalue weighted by atomic mass is 16.5. The molecule has 0 aromatic heterocycles. The largest absolute Gasteiger partial charge is 0.462 e. The summed E-state index contributed by atoms with van der Waals surface area (Å²) >= 11 is 0. The Morgan fingerprint density at radius 3 is 2.45 bits per heavy atom. The molecule has 2 aliphatic rings. The number of benzene rings is 1. The molecule has 0 aliphatic carbocycles. The molecule has 3 rings (SSSR count). The number of hydrogen-bond acceptors (Lipinski definition) is 4. The maximum absolute atomic E-state index is 12.2. The Balaban J connectivity index is 1.57. The van der Waals surface area contributed by atoms with Crippen LogP contribution < -0.4 is 0 Å². The van der Waals surface area contributed by atoms with E-state index < -0.39 is 5.60 Å². The molecule has 4 heteroatoms. The lowest BCUT2D eigenvalue weighted by molar-refractivity contribution is -0.157. The monoisotopic (exact) mass is 303 g/mol. The lowest BCUT2D eigenvalue weighted by Crippen LogP contribution is -2.43. The van der Waals surface area contributed by atoms with Crippen LogP contribution in [-0.2, 0) is 15.1 Å². The third kappa shape index (κ3) is 3.18. The van der Waals surface area contributed by atoms with Gasteiger partial charge in [-0.2, -0.15) is 0 Å². The zero-order valence-corrected chi connectivity index (χ0v) is 13.4. The fraction of sp³-hybridized carbons (Fsp3) is 0.611. The van der Waals surface area contributed by atoms with E-state index in [1.807, 2.05) is 30.3 Å². The van der Waals surface area contributed by atoms with Crippen molar-refractivity contribution in [2.24, 2.45) is 0 Å². The lowest BCUT2D eigenvalue weighted by Gasteiger charge is -2.36. The van der Waals surface area contributed by atoms with Gasteiger partial charge in [0.25, 0.3) is 0 Å². The molecular formula is C18H25NO3. The number of hydrogen-bond donors (Lipinski definition) is 1. The number of nitrogens with zero attached hydrogens (tertiary/aromatic N) is 1. The third-order valence-electron chi connectivity index (χ3n) is 5.24. The minimum absolute atomic E-state index is 0.00130. The first kappa shape index (κ1) is 15.5. The molecule has 4 nitrogen and oxygen atoms in total. The Bertz CT molecular complexity index is 514. The predicted octanol–water partition coefficient (Wildman–Crippen LogP) is 2.45. The Labute approximate surface area is 132 Å². The average molecular weight is 303 g/mol. The normalized spacial score (nSPS) is 30.8. The number of carbonyl (C=O) groups is 1. The fourth-order valence-electron chi connectivity index (χ4n) is 3.87. The minimum Gasteiger partial charge on any atom is -0.462 e. The quantitative estimate of drug-likeness (QED) is 0.868. The summed E-state index contributed by atoms with van der Waals surface area (Å²) in [5.74, 6) is -0.303. The molecule has 0 spiro atoms. The van der Waals surface area contributed by atoms with E-state index in [-0.39, 0.29) is 18.5 Å². The molecule has 0 radical (unpaired) electrons. The molecule has 0 amide bonds. The van der Waals surface area contributed by atoms with Gasteiger partial charge in [-0.15, -0.1) is 0 Å². The van der Waals surface area contributed by atoms with Crippen LogP contribution in [-0.4, -0.2) is 41.2 Å². The van der Waals surface area contributed by atoms with Gasteiger partial charge in [0.15, 0.2) is 0 Å². The van der Waals surface area contributed by atoms with E-state index in [1.54, 1.807) is 6.92 Å². The van der Waals surface area contributed by atoms with E-state index >= 15 is 0 Å². The Kier molecular flexibility index (Phi) is 4.24. The van der Waals surface area contributed by atoms with Crippen LogP contribution in [0.25, 0.3) is 0 Å². The molecule has 2 bridgehead atoms. The molecule has 2 fully saturated rings. The summed E-state index contributed by atoms with van der Waals surface area (Å²) in [7, 11) is 2.17. The van der Waals surface area contributed by atoms with Crippen LogP contribution in [0.15, 0.2) is 30.3 Å². The first-order chi connectivity index (χ1) is 10.5. The van der Waals surface area contributed by atoms with Crippen LogP contribution in [0.1, 0.15) is 44.6 Å². The molecule has 2 aliphatic heterocycles. The first-order valence-corrected chi connectivity index (χ1v) is 8.15. The number of fused-ring (bicyclic) bond motifs is 2. The van der Waals surface area contributed by atoms with Crippen molar-refractivity contribution in [1.82, 2.24) is 4.90 Å². The summed E-state index contributed by atoms with van der Waals surface area (Å²) in [4.78, 5) is 14.6. The van der Waals surface area contributed by atoms with Gasteiger partial charge in [-0.3, -0.25) is 4.79 Å². The van der Waals surface area contributed by atoms with Crippen molar-refractivity contribution >= 4 is 5.97 Å². The summed E-state index contributed by atoms with van der Waals surface area (Å²) < 4.78 is 5.65. The summed E-state index contributed by atoms with van der Waals surface area (Å²) in [6, 6.07) is 10.4. The highest BCUT2D eigenvalue weighted by molar-refractivity contribution is 5.71. The van der Waals surface area contributed by atoms with Crippen molar-refractivity contribution < 1.29 is 14.6 Å². The van der Waals surface area contributed by atoms with Gasteiger partial charge in [0, 0.05) is 12.1 Å². The van der Waals surface area contributed by atoms with Gasteiger partial charge in [-0.1, -0.05) is 30.3 Å². The van der Waals surface area contributed by atoms with Crippen LogP contribution in [0.2, 0.25) is 0 Å². The topological polar surface area (TPSA) is 49.8 Å². The maximum Gasteiger partial charge on any atom is 0.309 e. The number of rotatable bonds is 4. The maximum atomic E-state index is 12.2. The number of aliphatic hydroxyl groups is 1. The highest BCUT2D eigenvalue weighted by Gasteiger charge is 2.40. The highest BCUT2D eigenvalue weighted by Crippen LogP contribution is 2.36. The molecule has 1 N–H and O–H groups in total. The van der Waals surface area contributed by atoms with E-state index in [0.29, 0.717) is 12.1 Å². The molecule has 0 saturated carbocycles. The van der Waals surface area contributed by atoms with Crippen LogP contribution in [0.4, 0.5) is 0 Å². The van der Waals surface area contributed by atoms with Crippen molar-refractivity contribution in [1.29, 1.82) is 0 Å². The van der Waals surface area contributed by atoms with E-state index in [9.17, 15) is 9.90 Å². The predicted molar refractivity (Wildman–Crippen MR) is 84.3 cm³/mol. The van der Waals surface area contributed by atoms with Gasteiger partial charge < -0.3 is 14.7 Å². The zero-order chi connectivity index (χ0) is 15.7. The fourth-order valence-corrected chi connectivity index (χ4v) is 3.87. The van der Waals surface area contributed by atoms with Crippen molar-refractivity contribution in [2.45, 2.75) is 62.8 Å².